The summed E-state index contributed by atoms with van der Waals surface area (Å²) in [5, 5.41) is 9.69. The molecule has 0 bridgehead atoms. The minimum atomic E-state index is -4.67. The molecular formula is C28H18N4O6S4-2. The molecule has 2 aromatic heterocycles. The SMILES string of the molecule is Cc1ccc2sc(-c3ccc(N=Nc4ccc(-c5nc6c(S(=O)(=O)[O-])c(C)ccc6s5)cc4)cc3)nc2c1S(=O)(=O)[O-]. The van der Waals surface area contributed by atoms with Gasteiger partial charge in [-0.05, 0) is 85.6 Å². The smallest absolute Gasteiger partial charge is 0.126 e. The molecule has 0 fully saturated rings. The highest BCUT2D eigenvalue weighted by molar-refractivity contribution is 7.86. The zero-order valence-electron chi connectivity index (χ0n) is 21.8. The van der Waals surface area contributed by atoms with Crippen molar-refractivity contribution in [2.45, 2.75) is 23.6 Å². The van der Waals surface area contributed by atoms with Gasteiger partial charge in [0, 0.05) is 11.1 Å². The number of azo groups is 1. The Morgan fingerprint density at radius 1 is 0.571 bits per heavy atom. The first-order chi connectivity index (χ1) is 19.9. The molecule has 6 rings (SSSR count). The third kappa shape index (κ3) is 5.35. The molecule has 0 saturated carbocycles. The largest absolute Gasteiger partial charge is 0.744 e. The quantitative estimate of drug-likeness (QED) is 0.138. The van der Waals surface area contributed by atoms with E-state index in [-0.39, 0.29) is 20.8 Å². The zero-order valence-corrected chi connectivity index (χ0v) is 25.1. The Hall–Kier alpha value is -3.92. The summed E-state index contributed by atoms with van der Waals surface area (Å²) in [5.74, 6) is 0. The van der Waals surface area contributed by atoms with Gasteiger partial charge in [0.25, 0.3) is 0 Å². The van der Waals surface area contributed by atoms with Gasteiger partial charge in [0.15, 0.2) is 0 Å². The van der Waals surface area contributed by atoms with Crippen molar-refractivity contribution >= 4 is 74.7 Å². The van der Waals surface area contributed by atoms with Crippen molar-refractivity contribution < 1.29 is 25.9 Å². The zero-order chi connectivity index (χ0) is 29.8. The highest BCUT2D eigenvalue weighted by Gasteiger charge is 2.17. The van der Waals surface area contributed by atoms with Gasteiger partial charge in [-0.1, -0.05) is 12.1 Å². The maximum Gasteiger partial charge on any atom is 0.126 e. The number of aromatic nitrogens is 2. The Morgan fingerprint density at radius 3 is 1.26 bits per heavy atom. The van der Waals surface area contributed by atoms with Gasteiger partial charge in [0.2, 0.25) is 0 Å². The highest BCUT2D eigenvalue weighted by atomic mass is 32.2. The van der Waals surface area contributed by atoms with Crippen molar-refractivity contribution in [3.63, 3.8) is 0 Å². The molecule has 0 aliphatic heterocycles. The lowest BCUT2D eigenvalue weighted by Crippen LogP contribution is -2.02. The van der Waals surface area contributed by atoms with Gasteiger partial charge in [0.05, 0.1) is 41.6 Å². The number of rotatable bonds is 6. The molecule has 0 N–H and O–H groups in total. The number of benzene rings is 4. The molecule has 2 heterocycles. The first-order valence-electron chi connectivity index (χ1n) is 12.2. The summed E-state index contributed by atoms with van der Waals surface area (Å²) in [6.07, 6.45) is 0. The van der Waals surface area contributed by atoms with E-state index in [1.165, 1.54) is 22.7 Å². The van der Waals surface area contributed by atoms with Gasteiger partial charge < -0.3 is 9.11 Å². The van der Waals surface area contributed by atoms with Crippen LogP contribution in [0, 0.1) is 13.8 Å². The van der Waals surface area contributed by atoms with Gasteiger partial charge in [-0.2, -0.15) is 10.2 Å². The van der Waals surface area contributed by atoms with Gasteiger partial charge in [0.1, 0.15) is 30.3 Å². The molecule has 0 atom stereocenters. The van der Waals surface area contributed by atoms with Crippen LogP contribution in [-0.4, -0.2) is 35.9 Å². The third-order valence-electron chi connectivity index (χ3n) is 6.43. The van der Waals surface area contributed by atoms with E-state index >= 15 is 0 Å². The van der Waals surface area contributed by atoms with E-state index in [9.17, 15) is 25.9 Å². The fourth-order valence-electron chi connectivity index (χ4n) is 4.48. The van der Waals surface area contributed by atoms with Crippen LogP contribution in [0.3, 0.4) is 0 Å². The standard InChI is InChI=1S/C28H20N4O6S4/c1-15-3-13-21-23(25(15)41(33,34)35)29-27(39-21)17-5-9-19(10-6-17)31-32-20-11-7-18(8-12-20)28-30-24-22(40-28)14-4-16(2)26(24)42(36,37)38/h3-14H,1-2H3,(H,33,34,35)(H,36,37,38)/p-2. The van der Waals surface area contributed by atoms with E-state index in [1.54, 1.807) is 86.6 Å². The van der Waals surface area contributed by atoms with Crippen LogP contribution < -0.4 is 0 Å². The van der Waals surface area contributed by atoms with Crippen LogP contribution in [0.2, 0.25) is 0 Å². The first-order valence-corrected chi connectivity index (χ1v) is 16.7. The van der Waals surface area contributed by atoms with E-state index in [2.05, 4.69) is 20.2 Å². The monoisotopic (exact) mass is 634 g/mol. The highest BCUT2D eigenvalue weighted by Crippen LogP contribution is 2.37. The second-order valence-electron chi connectivity index (χ2n) is 9.36. The van der Waals surface area contributed by atoms with Crippen LogP contribution in [0.25, 0.3) is 41.6 Å². The van der Waals surface area contributed by atoms with Crippen LogP contribution in [-0.2, 0) is 20.2 Å². The molecule has 0 saturated heterocycles. The normalized spacial score (nSPS) is 12.6. The molecule has 0 amide bonds. The van der Waals surface area contributed by atoms with Crippen molar-refractivity contribution in [3.05, 3.63) is 83.9 Å². The Kier molecular flexibility index (Phi) is 7.00. The third-order valence-corrected chi connectivity index (χ3v) is 10.6. The van der Waals surface area contributed by atoms with E-state index in [1.807, 2.05) is 0 Å². The fraction of sp³-hybridized carbons (Fsp3) is 0.0714. The Balaban J connectivity index is 1.22. The Morgan fingerprint density at radius 2 is 0.929 bits per heavy atom. The molecule has 212 valence electrons. The van der Waals surface area contributed by atoms with Crippen LogP contribution in [0.15, 0.2) is 92.8 Å². The summed E-state index contributed by atoms with van der Waals surface area (Å²) in [5.41, 5.74) is 3.71. The summed E-state index contributed by atoms with van der Waals surface area (Å²) in [6.45, 7) is 3.14. The molecule has 0 radical (unpaired) electrons. The predicted molar refractivity (Wildman–Crippen MR) is 160 cm³/mol. The summed E-state index contributed by atoms with van der Waals surface area (Å²) in [6, 6.07) is 20.9. The Bertz CT molecular complexity index is 2090. The molecule has 0 aliphatic carbocycles. The van der Waals surface area contributed by atoms with E-state index in [0.717, 1.165) is 11.1 Å². The van der Waals surface area contributed by atoms with Gasteiger partial charge in [-0.25, -0.2) is 26.8 Å². The maximum atomic E-state index is 11.8. The molecular weight excluding hydrogens is 617 g/mol. The number of fused-ring (bicyclic) bond motifs is 2. The number of nitrogens with zero attached hydrogens (tertiary/aromatic N) is 4. The van der Waals surface area contributed by atoms with Crippen molar-refractivity contribution in [2.24, 2.45) is 10.2 Å². The number of aryl methyl sites for hydroxylation is 2. The summed E-state index contributed by atoms with van der Waals surface area (Å²) >= 11 is 2.58. The van der Waals surface area contributed by atoms with Gasteiger partial charge in [-0.3, -0.25) is 0 Å². The topological polar surface area (TPSA) is 165 Å². The Labute approximate surface area is 248 Å². The van der Waals surface area contributed by atoms with Crippen molar-refractivity contribution in [2.75, 3.05) is 0 Å². The average Bonchev–Trinajstić information content (AvgIpc) is 3.55. The summed E-state index contributed by atoms with van der Waals surface area (Å²) in [7, 11) is -9.35. The first kappa shape index (κ1) is 28.2. The number of hydrogen-bond acceptors (Lipinski definition) is 12. The van der Waals surface area contributed by atoms with Gasteiger partial charge in [-0.15, -0.1) is 22.7 Å². The molecule has 0 unspecified atom stereocenters. The average molecular weight is 635 g/mol. The molecule has 6 aromatic rings. The van der Waals surface area contributed by atoms with Crippen molar-refractivity contribution in [1.29, 1.82) is 0 Å². The van der Waals surface area contributed by atoms with E-state index in [4.69, 9.17) is 0 Å². The molecule has 10 nitrogen and oxygen atoms in total. The lowest BCUT2D eigenvalue weighted by molar-refractivity contribution is 0.461. The van der Waals surface area contributed by atoms with Gasteiger partial charge >= 0.3 is 0 Å². The maximum absolute atomic E-state index is 11.8. The molecule has 14 heteroatoms. The summed E-state index contributed by atoms with van der Waals surface area (Å²) < 4.78 is 71.9. The lowest BCUT2D eigenvalue weighted by atomic mass is 10.2. The lowest BCUT2D eigenvalue weighted by Gasteiger charge is -2.10. The van der Waals surface area contributed by atoms with Crippen molar-refractivity contribution in [3.8, 4) is 21.1 Å². The van der Waals surface area contributed by atoms with Crippen LogP contribution in [0.4, 0.5) is 11.4 Å². The van der Waals surface area contributed by atoms with Crippen LogP contribution >= 0.6 is 22.7 Å². The number of hydrogen-bond donors (Lipinski definition) is 0. The van der Waals surface area contributed by atoms with E-state index in [0.29, 0.717) is 41.9 Å². The minimum absolute atomic E-state index is 0.175. The molecule has 4 aromatic carbocycles. The molecule has 0 aliphatic rings. The minimum Gasteiger partial charge on any atom is -0.744 e. The summed E-state index contributed by atoms with van der Waals surface area (Å²) in [4.78, 5) is 8.29. The second kappa shape index (κ2) is 10.4. The van der Waals surface area contributed by atoms with Crippen LogP contribution in [0.1, 0.15) is 11.1 Å². The predicted octanol–water partition coefficient (Wildman–Crippen LogP) is 7.08. The van der Waals surface area contributed by atoms with E-state index < -0.39 is 20.2 Å². The molecule has 0 spiro atoms. The second-order valence-corrected chi connectivity index (χ2v) is 14.1. The van der Waals surface area contributed by atoms with Crippen molar-refractivity contribution in [1.82, 2.24) is 9.97 Å². The number of thiazole rings is 2. The fourth-order valence-corrected chi connectivity index (χ4v) is 8.27. The van der Waals surface area contributed by atoms with Crippen LogP contribution in [0.5, 0.6) is 0 Å². The molecule has 42 heavy (non-hydrogen) atoms.